The van der Waals surface area contributed by atoms with Gasteiger partial charge in [-0.25, -0.2) is 8.78 Å². The van der Waals surface area contributed by atoms with Gasteiger partial charge in [0.1, 0.15) is 11.6 Å². The summed E-state index contributed by atoms with van der Waals surface area (Å²) in [4.78, 5) is 6.55. The summed E-state index contributed by atoms with van der Waals surface area (Å²) in [7, 11) is 1.76. The van der Waals surface area contributed by atoms with Gasteiger partial charge in [-0.15, -0.1) is 0 Å². The maximum Gasteiger partial charge on any atom is 0.193 e. The van der Waals surface area contributed by atoms with Crippen molar-refractivity contribution in [3.05, 3.63) is 35.4 Å². The van der Waals surface area contributed by atoms with Crippen molar-refractivity contribution in [2.45, 2.75) is 25.0 Å². The van der Waals surface area contributed by atoms with Gasteiger partial charge in [0, 0.05) is 37.7 Å². The van der Waals surface area contributed by atoms with Gasteiger partial charge >= 0.3 is 0 Å². The third-order valence-electron chi connectivity index (χ3n) is 3.79. The van der Waals surface area contributed by atoms with Crippen LogP contribution in [0, 0.1) is 11.6 Å². The maximum atomic E-state index is 13.6. The maximum absolute atomic E-state index is 13.6. The van der Waals surface area contributed by atoms with Crippen LogP contribution in [0.1, 0.15) is 18.9 Å². The van der Waals surface area contributed by atoms with E-state index < -0.39 is 5.82 Å². The zero-order valence-electron chi connectivity index (χ0n) is 13.1. The number of nitrogens with zero attached hydrogens (tertiary/aromatic N) is 2. The minimum Gasteiger partial charge on any atom is -0.356 e. The fraction of sp³-hybridized carbons (Fsp3) is 0.562. The molecule has 0 spiro atoms. The summed E-state index contributed by atoms with van der Waals surface area (Å²) in [6, 6.07) is 3.57. The highest BCUT2D eigenvalue weighted by atomic mass is 32.2. The molecule has 22 heavy (non-hydrogen) atoms. The summed E-state index contributed by atoms with van der Waals surface area (Å²) in [5, 5.41) is 3.89. The number of hydrogen-bond acceptors (Lipinski definition) is 2. The standard InChI is InChI=1S/C16H23F2N3S/c1-3-14-11-21(8-9-22-14)16(19-2)20-7-6-12-10-13(17)4-5-15(12)18/h4-5,10,14H,3,6-9,11H2,1-2H3,(H,19,20). The lowest BCUT2D eigenvalue weighted by Crippen LogP contribution is -2.48. The summed E-state index contributed by atoms with van der Waals surface area (Å²) in [6.45, 7) is 4.68. The second-order valence-corrected chi connectivity index (χ2v) is 6.72. The van der Waals surface area contributed by atoms with E-state index in [2.05, 4.69) is 22.1 Å². The molecule has 2 rings (SSSR count). The molecule has 1 saturated heterocycles. The molecule has 0 saturated carbocycles. The highest BCUT2D eigenvalue weighted by Gasteiger charge is 2.21. The van der Waals surface area contributed by atoms with Gasteiger partial charge in [0.15, 0.2) is 5.96 Å². The highest BCUT2D eigenvalue weighted by molar-refractivity contribution is 8.00. The van der Waals surface area contributed by atoms with Crippen molar-refractivity contribution in [1.82, 2.24) is 10.2 Å². The predicted octanol–water partition coefficient (Wildman–Crippen LogP) is 2.91. The average molecular weight is 327 g/mol. The Bertz CT molecular complexity index is 522. The Balaban J connectivity index is 1.87. The van der Waals surface area contributed by atoms with Crippen LogP contribution in [0.2, 0.25) is 0 Å². The van der Waals surface area contributed by atoms with Crippen LogP contribution in [0.25, 0.3) is 0 Å². The van der Waals surface area contributed by atoms with Gasteiger partial charge in [-0.3, -0.25) is 4.99 Å². The van der Waals surface area contributed by atoms with Gasteiger partial charge in [-0.2, -0.15) is 11.8 Å². The molecule has 0 radical (unpaired) electrons. The second kappa shape index (κ2) is 8.36. The minimum absolute atomic E-state index is 0.362. The Morgan fingerprint density at radius 1 is 1.45 bits per heavy atom. The molecule has 1 unspecified atom stereocenters. The molecule has 0 aliphatic carbocycles. The molecule has 1 aliphatic heterocycles. The molecule has 1 N–H and O–H groups in total. The van der Waals surface area contributed by atoms with E-state index in [1.54, 1.807) is 7.05 Å². The van der Waals surface area contributed by atoms with Crippen molar-refractivity contribution in [3.63, 3.8) is 0 Å². The molecule has 1 aromatic carbocycles. The minimum atomic E-state index is -0.403. The number of halogens is 2. The summed E-state index contributed by atoms with van der Waals surface area (Å²) in [5.74, 6) is 1.17. The summed E-state index contributed by atoms with van der Waals surface area (Å²) in [5.41, 5.74) is 0.392. The molecule has 122 valence electrons. The van der Waals surface area contributed by atoms with Crippen molar-refractivity contribution < 1.29 is 8.78 Å². The van der Waals surface area contributed by atoms with Gasteiger partial charge in [-0.1, -0.05) is 6.92 Å². The molecule has 1 atom stereocenters. The Labute approximate surface area is 135 Å². The van der Waals surface area contributed by atoms with E-state index in [0.29, 0.717) is 23.8 Å². The van der Waals surface area contributed by atoms with Crippen LogP contribution in [-0.2, 0) is 6.42 Å². The molecule has 6 heteroatoms. The topological polar surface area (TPSA) is 27.6 Å². The SMILES string of the molecule is CCC1CN(C(=NC)NCCc2cc(F)ccc2F)CCS1. The largest absolute Gasteiger partial charge is 0.356 e. The molecule has 1 fully saturated rings. The molecule has 1 heterocycles. The van der Waals surface area contributed by atoms with Crippen LogP contribution in [0.15, 0.2) is 23.2 Å². The van der Waals surface area contributed by atoms with Crippen LogP contribution in [0.4, 0.5) is 8.78 Å². The number of hydrogen-bond donors (Lipinski definition) is 1. The van der Waals surface area contributed by atoms with E-state index in [-0.39, 0.29) is 5.82 Å². The monoisotopic (exact) mass is 327 g/mol. The number of rotatable bonds is 4. The number of thioether (sulfide) groups is 1. The van der Waals surface area contributed by atoms with Gasteiger partial charge < -0.3 is 10.2 Å². The molecular formula is C16H23F2N3S. The zero-order valence-corrected chi connectivity index (χ0v) is 13.9. The number of guanidine groups is 1. The number of benzene rings is 1. The lowest BCUT2D eigenvalue weighted by molar-refractivity contribution is 0.408. The van der Waals surface area contributed by atoms with Crippen LogP contribution < -0.4 is 5.32 Å². The molecule has 0 bridgehead atoms. The fourth-order valence-electron chi connectivity index (χ4n) is 2.53. The normalized spacial score (nSPS) is 19.4. The first-order valence-corrected chi connectivity index (χ1v) is 8.70. The summed E-state index contributed by atoms with van der Waals surface area (Å²) < 4.78 is 26.7. The van der Waals surface area contributed by atoms with Gasteiger partial charge in [-0.05, 0) is 36.6 Å². The highest BCUT2D eigenvalue weighted by Crippen LogP contribution is 2.21. The first-order chi connectivity index (χ1) is 10.6. The Hall–Kier alpha value is -1.30. The zero-order chi connectivity index (χ0) is 15.9. The van der Waals surface area contributed by atoms with Gasteiger partial charge in [0.05, 0.1) is 0 Å². The number of nitrogens with one attached hydrogen (secondary N) is 1. The Morgan fingerprint density at radius 3 is 3.00 bits per heavy atom. The van der Waals surface area contributed by atoms with Crippen molar-refractivity contribution >= 4 is 17.7 Å². The molecule has 0 aromatic heterocycles. The first kappa shape index (κ1) is 17.1. The van der Waals surface area contributed by atoms with E-state index in [4.69, 9.17) is 0 Å². The lowest BCUT2D eigenvalue weighted by atomic mass is 10.1. The van der Waals surface area contributed by atoms with Crippen LogP contribution in [-0.4, -0.2) is 48.5 Å². The van der Waals surface area contributed by atoms with Crippen molar-refractivity contribution in [2.24, 2.45) is 4.99 Å². The van der Waals surface area contributed by atoms with E-state index in [9.17, 15) is 8.78 Å². The van der Waals surface area contributed by atoms with Gasteiger partial charge in [0.2, 0.25) is 0 Å². The number of aliphatic imine (C=N–C) groups is 1. The summed E-state index contributed by atoms with van der Waals surface area (Å²) in [6.07, 6.45) is 1.58. The fourth-order valence-corrected chi connectivity index (χ4v) is 3.72. The van der Waals surface area contributed by atoms with Crippen LogP contribution >= 0.6 is 11.8 Å². The Kier molecular flexibility index (Phi) is 6.49. The summed E-state index contributed by atoms with van der Waals surface area (Å²) >= 11 is 2.00. The van der Waals surface area contributed by atoms with Crippen molar-refractivity contribution in [2.75, 3.05) is 32.4 Å². The molecule has 0 amide bonds. The molecule has 1 aliphatic rings. The van der Waals surface area contributed by atoms with Crippen LogP contribution in [0.3, 0.4) is 0 Å². The van der Waals surface area contributed by atoms with Crippen molar-refractivity contribution in [1.29, 1.82) is 0 Å². The molecular weight excluding hydrogens is 304 g/mol. The quantitative estimate of drug-likeness (QED) is 0.681. The van der Waals surface area contributed by atoms with Gasteiger partial charge in [0.25, 0.3) is 0 Å². The van der Waals surface area contributed by atoms with Crippen LogP contribution in [0.5, 0.6) is 0 Å². The Morgan fingerprint density at radius 2 is 2.27 bits per heavy atom. The van der Waals surface area contributed by atoms with E-state index in [1.807, 2.05) is 11.8 Å². The second-order valence-electron chi connectivity index (χ2n) is 5.31. The van der Waals surface area contributed by atoms with Crippen molar-refractivity contribution in [3.8, 4) is 0 Å². The molecule has 1 aromatic rings. The molecule has 3 nitrogen and oxygen atoms in total. The predicted molar refractivity (Wildman–Crippen MR) is 89.5 cm³/mol. The lowest BCUT2D eigenvalue weighted by Gasteiger charge is -2.34. The average Bonchev–Trinajstić information content (AvgIpc) is 2.54. The third kappa shape index (κ3) is 4.60. The third-order valence-corrected chi connectivity index (χ3v) is 5.16. The van der Waals surface area contributed by atoms with E-state index >= 15 is 0 Å². The van der Waals surface area contributed by atoms with E-state index in [0.717, 1.165) is 37.3 Å². The smallest absolute Gasteiger partial charge is 0.193 e. The van der Waals surface area contributed by atoms with E-state index in [1.165, 1.54) is 12.1 Å². The first-order valence-electron chi connectivity index (χ1n) is 7.65.